The molecule has 5 heteroatoms. The van der Waals surface area contributed by atoms with Gasteiger partial charge in [0, 0.05) is 31.7 Å². The van der Waals surface area contributed by atoms with Crippen LogP contribution in [0.5, 0.6) is 5.75 Å². The fraction of sp³-hybridized carbons (Fsp3) is 0.600. The molecule has 2 amide bonds. The van der Waals surface area contributed by atoms with Crippen molar-refractivity contribution in [2.45, 2.75) is 32.1 Å². The molecule has 3 fully saturated rings. The van der Waals surface area contributed by atoms with Crippen LogP contribution >= 0.6 is 0 Å². The first-order valence-corrected chi connectivity index (χ1v) is 9.34. The number of rotatable bonds is 4. The zero-order valence-electron chi connectivity index (χ0n) is 14.9. The van der Waals surface area contributed by atoms with Crippen LogP contribution in [0.2, 0.25) is 0 Å². The highest BCUT2D eigenvalue weighted by Gasteiger charge is 2.50. The van der Waals surface area contributed by atoms with E-state index in [1.165, 1.54) is 12.8 Å². The number of methoxy groups -OCH3 is 1. The molecule has 25 heavy (non-hydrogen) atoms. The Morgan fingerprint density at radius 1 is 1.28 bits per heavy atom. The van der Waals surface area contributed by atoms with Gasteiger partial charge in [-0.3, -0.25) is 9.59 Å². The molecule has 5 nitrogen and oxygen atoms in total. The van der Waals surface area contributed by atoms with E-state index in [1.807, 2.05) is 23.1 Å². The molecular weight excluding hydrogens is 316 g/mol. The Kier molecular flexibility index (Phi) is 4.18. The van der Waals surface area contributed by atoms with E-state index in [2.05, 4.69) is 4.90 Å². The van der Waals surface area contributed by atoms with Gasteiger partial charge in [-0.2, -0.15) is 0 Å². The largest absolute Gasteiger partial charge is 0.497 e. The zero-order chi connectivity index (χ0) is 17.4. The van der Waals surface area contributed by atoms with Gasteiger partial charge >= 0.3 is 0 Å². The van der Waals surface area contributed by atoms with Crippen LogP contribution in [0.3, 0.4) is 0 Å². The molecule has 1 aliphatic carbocycles. The van der Waals surface area contributed by atoms with Crippen LogP contribution in [-0.4, -0.2) is 54.9 Å². The molecule has 2 heterocycles. The summed E-state index contributed by atoms with van der Waals surface area (Å²) in [7, 11) is 1.60. The molecule has 4 rings (SSSR count). The number of amides is 2. The summed E-state index contributed by atoms with van der Waals surface area (Å²) in [6, 6.07) is 7.26. The fourth-order valence-electron chi connectivity index (χ4n) is 4.30. The van der Waals surface area contributed by atoms with E-state index < -0.39 is 0 Å². The number of carbonyl (C=O) groups excluding carboxylic acids is 2. The summed E-state index contributed by atoms with van der Waals surface area (Å²) in [5.74, 6) is 1.69. The number of hydrogen-bond acceptors (Lipinski definition) is 3. The number of likely N-dealkylation sites (tertiary alicyclic amines) is 2. The van der Waals surface area contributed by atoms with Gasteiger partial charge < -0.3 is 14.5 Å². The zero-order valence-corrected chi connectivity index (χ0v) is 14.9. The molecule has 0 N–H and O–H groups in total. The van der Waals surface area contributed by atoms with Gasteiger partial charge in [0.2, 0.25) is 5.91 Å². The van der Waals surface area contributed by atoms with Crippen LogP contribution in [-0.2, 0) is 4.79 Å². The molecule has 2 saturated heterocycles. The average Bonchev–Trinajstić information content (AvgIpc) is 3.36. The van der Waals surface area contributed by atoms with E-state index in [0.717, 1.165) is 38.3 Å². The molecule has 0 radical (unpaired) electrons. The molecule has 0 unspecified atom stereocenters. The van der Waals surface area contributed by atoms with E-state index in [0.29, 0.717) is 24.4 Å². The molecule has 2 aliphatic heterocycles. The number of nitrogens with zero attached hydrogens (tertiary/aromatic N) is 2. The summed E-state index contributed by atoms with van der Waals surface area (Å²) in [6.45, 7) is 3.04. The Morgan fingerprint density at radius 3 is 2.88 bits per heavy atom. The van der Waals surface area contributed by atoms with E-state index in [-0.39, 0.29) is 17.2 Å². The summed E-state index contributed by atoms with van der Waals surface area (Å²) in [4.78, 5) is 29.9. The van der Waals surface area contributed by atoms with Crippen LogP contribution in [0.15, 0.2) is 24.3 Å². The maximum Gasteiger partial charge on any atom is 0.254 e. The highest BCUT2D eigenvalue weighted by molar-refractivity contribution is 5.96. The molecule has 1 aromatic carbocycles. The maximum atomic E-state index is 13.1. The highest BCUT2D eigenvalue weighted by atomic mass is 16.5. The van der Waals surface area contributed by atoms with Gasteiger partial charge in [-0.05, 0) is 56.2 Å². The summed E-state index contributed by atoms with van der Waals surface area (Å²) in [5.41, 5.74) is 0.288. The minimum Gasteiger partial charge on any atom is -0.497 e. The molecule has 0 aromatic heterocycles. The summed E-state index contributed by atoms with van der Waals surface area (Å²) < 4.78 is 5.22. The van der Waals surface area contributed by atoms with Crippen molar-refractivity contribution >= 4 is 11.8 Å². The quantitative estimate of drug-likeness (QED) is 0.845. The molecule has 134 valence electrons. The van der Waals surface area contributed by atoms with Crippen molar-refractivity contribution in [3.05, 3.63) is 29.8 Å². The second-order valence-corrected chi connectivity index (χ2v) is 7.79. The maximum absolute atomic E-state index is 13.1. The normalized spacial score (nSPS) is 26.4. The van der Waals surface area contributed by atoms with Crippen LogP contribution < -0.4 is 4.74 Å². The summed E-state index contributed by atoms with van der Waals surface area (Å²) >= 11 is 0. The van der Waals surface area contributed by atoms with E-state index in [9.17, 15) is 9.59 Å². The Labute approximate surface area is 148 Å². The predicted octanol–water partition coefficient (Wildman–Crippen LogP) is 2.56. The van der Waals surface area contributed by atoms with E-state index in [1.54, 1.807) is 13.2 Å². The molecule has 1 spiro atoms. The minimum absolute atomic E-state index is 0.00268. The topological polar surface area (TPSA) is 49.9 Å². The summed E-state index contributed by atoms with van der Waals surface area (Å²) in [6.07, 6.45) is 5.28. The second-order valence-electron chi connectivity index (χ2n) is 7.79. The average molecular weight is 342 g/mol. The number of carbonyl (C=O) groups is 2. The van der Waals surface area contributed by atoms with Gasteiger partial charge in [0.05, 0.1) is 12.5 Å². The number of hydrogen-bond donors (Lipinski definition) is 0. The lowest BCUT2D eigenvalue weighted by Gasteiger charge is -2.39. The van der Waals surface area contributed by atoms with Crippen LogP contribution in [0, 0.1) is 11.3 Å². The SMILES string of the molecule is COc1cccc(C(=O)N2CC[C@@]3(CCCN(CC4CC4)C3=O)C2)c1. The third kappa shape index (κ3) is 3.12. The molecular formula is C20H26N2O3. The predicted molar refractivity (Wildman–Crippen MR) is 94.5 cm³/mol. The van der Waals surface area contributed by atoms with Crippen LogP contribution in [0.25, 0.3) is 0 Å². The standard InChI is InChI=1S/C20H26N2O3/c1-25-17-5-2-4-16(12-17)18(23)22-11-9-20(14-22)8-3-10-21(19(20)24)13-15-6-7-15/h2,4-5,12,15H,3,6-11,13-14H2,1H3/t20-/m0/s1. The lowest BCUT2D eigenvalue weighted by Crippen LogP contribution is -2.50. The van der Waals surface area contributed by atoms with E-state index in [4.69, 9.17) is 4.74 Å². The summed E-state index contributed by atoms with van der Waals surface area (Å²) in [5, 5.41) is 0. The van der Waals surface area contributed by atoms with E-state index >= 15 is 0 Å². The highest BCUT2D eigenvalue weighted by Crippen LogP contribution is 2.42. The lowest BCUT2D eigenvalue weighted by molar-refractivity contribution is -0.145. The Bertz CT molecular complexity index is 685. The van der Waals surface area contributed by atoms with Crippen molar-refractivity contribution in [2.24, 2.45) is 11.3 Å². The van der Waals surface area contributed by atoms with Crippen molar-refractivity contribution < 1.29 is 14.3 Å². The first kappa shape index (κ1) is 16.4. The third-order valence-electron chi connectivity index (χ3n) is 5.96. The van der Waals surface area contributed by atoms with Gasteiger partial charge in [-0.15, -0.1) is 0 Å². The van der Waals surface area contributed by atoms with Crippen molar-refractivity contribution in [3.63, 3.8) is 0 Å². The first-order valence-electron chi connectivity index (χ1n) is 9.34. The second kappa shape index (κ2) is 6.36. The lowest BCUT2D eigenvalue weighted by atomic mass is 9.78. The number of ether oxygens (including phenoxy) is 1. The van der Waals surface area contributed by atoms with Crippen LogP contribution in [0.1, 0.15) is 42.5 Å². The van der Waals surface area contributed by atoms with Crippen molar-refractivity contribution in [2.75, 3.05) is 33.3 Å². The molecule has 3 aliphatic rings. The third-order valence-corrected chi connectivity index (χ3v) is 5.96. The monoisotopic (exact) mass is 342 g/mol. The van der Waals surface area contributed by atoms with Crippen molar-refractivity contribution in [1.29, 1.82) is 0 Å². The smallest absolute Gasteiger partial charge is 0.254 e. The number of piperidine rings is 1. The molecule has 1 atom stereocenters. The minimum atomic E-state index is -0.346. The Hall–Kier alpha value is -2.04. The van der Waals surface area contributed by atoms with Crippen molar-refractivity contribution in [1.82, 2.24) is 9.80 Å². The molecule has 0 bridgehead atoms. The Morgan fingerprint density at radius 2 is 2.12 bits per heavy atom. The molecule has 1 saturated carbocycles. The fourth-order valence-corrected chi connectivity index (χ4v) is 4.30. The van der Waals surface area contributed by atoms with Crippen molar-refractivity contribution in [3.8, 4) is 5.75 Å². The first-order chi connectivity index (χ1) is 12.1. The van der Waals surface area contributed by atoms with Gasteiger partial charge in [0.15, 0.2) is 0 Å². The van der Waals surface area contributed by atoms with Gasteiger partial charge in [0.25, 0.3) is 5.91 Å². The number of benzene rings is 1. The van der Waals surface area contributed by atoms with Crippen LogP contribution in [0.4, 0.5) is 0 Å². The van der Waals surface area contributed by atoms with Gasteiger partial charge in [-0.1, -0.05) is 6.07 Å². The van der Waals surface area contributed by atoms with Gasteiger partial charge in [0.1, 0.15) is 5.75 Å². The van der Waals surface area contributed by atoms with Gasteiger partial charge in [-0.25, -0.2) is 0 Å². The molecule has 1 aromatic rings. The Balaban J connectivity index is 1.47.